The zero-order valence-corrected chi connectivity index (χ0v) is 10.6. The molecule has 0 rings (SSSR count). The summed E-state index contributed by atoms with van der Waals surface area (Å²) in [6.45, 7) is 5.22. The second-order valence-corrected chi connectivity index (χ2v) is 4.14. The number of hydrogen-bond donors (Lipinski definition) is 3. The Kier molecular flexibility index (Phi) is 12.0. The monoisotopic (exact) mass is 229 g/mol. The SMILES string of the molecule is CC(=O)NCCCNCCCCCCCN. The fourth-order valence-electron chi connectivity index (χ4n) is 1.53. The van der Waals surface area contributed by atoms with Gasteiger partial charge in [0, 0.05) is 13.5 Å². The molecule has 0 aliphatic rings. The van der Waals surface area contributed by atoms with Crippen molar-refractivity contribution < 1.29 is 4.79 Å². The van der Waals surface area contributed by atoms with Crippen LogP contribution in [0.5, 0.6) is 0 Å². The van der Waals surface area contributed by atoms with Crippen molar-refractivity contribution in [2.45, 2.75) is 45.4 Å². The van der Waals surface area contributed by atoms with E-state index in [1.54, 1.807) is 6.92 Å². The summed E-state index contributed by atoms with van der Waals surface area (Å²) in [6.07, 6.45) is 7.25. The summed E-state index contributed by atoms with van der Waals surface area (Å²) >= 11 is 0. The van der Waals surface area contributed by atoms with Crippen LogP contribution in [0.25, 0.3) is 0 Å². The third kappa shape index (κ3) is 13.4. The number of amides is 1. The van der Waals surface area contributed by atoms with Crippen LogP contribution in [0.2, 0.25) is 0 Å². The molecule has 4 N–H and O–H groups in total. The smallest absolute Gasteiger partial charge is 0.216 e. The molecule has 0 saturated heterocycles. The normalized spacial score (nSPS) is 10.4. The molecule has 1 amide bonds. The summed E-state index contributed by atoms with van der Waals surface area (Å²) in [6, 6.07) is 0. The highest BCUT2D eigenvalue weighted by atomic mass is 16.1. The highest BCUT2D eigenvalue weighted by Gasteiger charge is 1.92. The lowest BCUT2D eigenvalue weighted by Crippen LogP contribution is -2.25. The lowest BCUT2D eigenvalue weighted by Gasteiger charge is -2.05. The second-order valence-electron chi connectivity index (χ2n) is 4.14. The van der Waals surface area contributed by atoms with E-state index < -0.39 is 0 Å². The van der Waals surface area contributed by atoms with E-state index >= 15 is 0 Å². The molecule has 0 saturated carbocycles. The van der Waals surface area contributed by atoms with Crippen LogP contribution < -0.4 is 16.4 Å². The third-order valence-corrected chi connectivity index (χ3v) is 2.46. The van der Waals surface area contributed by atoms with Crippen molar-refractivity contribution in [2.24, 2.45) is 5.73 Å². The number of carbonyl (C=O) groups is 1. The number of hydrogen-bond acceptors (Lipinski definition) is 3. The Hall–Kier alpha value is -0.610. The maximum absolute atomic E-state index is 10.6. The summed E-state index contributed by atoms with van der Waals surface area (Å²) in [4.78, 5) is 10.6. The first-order chi connectivity index (χ1) is 7.77. The van der Waals surface area contributed by atoms with Gasteiger partial charge >= 0.3 is 0 Å². The largest absolute Gasteiger partial charge is 0.356 e. The zero-order valence-electron chi connectivity index (χ0n) is 10.6. The van der Waals surface area contributed by atoms with Crippen LogP contribution in [-0.4, -0.2) is 32.1 Å². The van der Waals surface area contributed by atoms with Crippen LogP contribution in [0.4, 0.5) is 0 Å². The van der Waals surface area contributed by atoms with E-state index in [1.807, 2.05) is 0 Å². The number of carbonyl (C=O) groups excluding carboxylic acids is 1. The average molecular weight is 229 g/mol. The van der Waals surface area contributed by atoms with Crippen molar-refractivity contribution in [3.63, 3.8) is 0 Å². The lowest BCUT2D eigenvalue weighted by atomic mass is 10.1. The number of rotatable bonds is 11. The molecule has 4 nitrogen and oxygen atoms in total. The van der Waals surface area contributed by atoms with Crippen LogP contribution in [-0.2, 0) is 4.79 Å². The molecule has 0 unspecified atom stereocenters. The van der Waals surface area contributed by atoms with Crippen molar-refractivity contribution in [3.8, 4) is 0 Å². The molecule has 0 aliphatic heterocycles. The van der Waals surface area contributed by atoms with E-state index in [1.165, 1.54) is 25.7 Å². The van der Waals surface area contributed by atoms with E-state index in [0.29, 0.717) is 0 Å². The minimum Gasteiger partial charge on any atom is -0.356 e. The highest BCUT2D eigenvalue weighted by Crippen LogP contribution is 2.00. The molecular formula is C12H27N3O. The van der Waals surface area contributed by atoms with Gasteiger partial charge in [-0.3, -0.25) is 4.79 Å². The topological polar surface area (TPSA) is 67.2 Å². The Morgan fingerprint density at radius 2 is 1.56 bits per heavy atom. The molecule has 0 fully saturated rings. The van der Waals surface area contributed by atoms with Gasteiger partial charge in [-0.25, -0.2) is 0 Å². The standard InChI is InChI=1S/C12H27N3O/c1-12(16)15-11-7-10-14-9-6-4-2-3-5-8-13/h14H,2-11,13H2,1H3,(H,15,16). The molecule has 0 aromatic heterocycles. The van der Waals surface area contributed by atoms with Gasteiger partial charge in [-0.05, 0) is 38.9 Å². The second kappa shape index (κ2) is 12.5. The molecule has 0 aromatic rings. The molecule has 0 aromatic carbocycles. The fraction of sp³-hybridized carbons (Fsp3) is 0.917. The molecule has 0 radical (unpaired) electrons. The first-order valence-electron chi connectivity index (χ1n) is 6.42. The van der Waals surface area contributed by atoms with E-state index in [4.69, 9.17) is 5.73 Å². The minimum absolute atomic E-state index is 0.0555. The number of nitrogens with two attached hydrogens (primary N) is 1. The first-order valence-corrected chi connectivity index (χ1v) is 6.42. The van der Waals surface area contributed by atoms with Crippen molar-refractivity contribution in [2.75, 3.05) is 26.2 Å². The maximum atomic E-state index is 10.6. The Labute approximate surface area is 99.4 Å². The Balaban J connectivity index is 2.90. The molecule has 96 valence electrons. The van der Waals surface area contributed by atoms with E-state index in [9.17, 15) is 4.79 Å². The molecule has 0 spiro atoms. The van der Waals surface area contributed by atoms with E-state index in [-0.39, 0.29) is 5.91 Å². The summed E-state index contributed by atoms with van der Waals surface area (Å²) in [7, 11) is 0. The molecule has 0 heterocycles. The van der Waals surface area contributed by atoms with Crippen molar-refractivity contribution in [3.05, 3.63) is 0 Å². The minimum atomic E-state index is 0.0555. The van der Waals surface area contributed by atoms with Gasteiger partial charge in [0.05, 0.1) is 0 Å². The highest BCUT2D eigenvalue weighted by molar-refractivity contribution is 5.72. The molecular weight excluding hydrogens is 202 g/mol. The zero-order chi connectivity index (χ0) is 12.1. The van der Waals surface area contributed by atoms with E-state index in [0.717, 1.165) is 39.0 Å². The lowest BCUT2D eigenvalue weighted by molar-refractivity contribution is -0.118. The molecule has 0 bridgehead atoms. The molecule has 0 aliphatic carbocycles. The third-order valence-electron chi connectivity index (χ3n) is 2.46. The summed E-state index contributed by atoms with van der Waals surface area (Å²) in [5.41, 5.74) is 5.42. The van der Waals surface area contributed by atoms with Crippen LogP contribution in [0.15, 0.2) is 0 Å². The fourth-order valence-corrected chi connectivity index (χ4v) is 1.53. The molecule has 0 atom stereocenters. The van der Waals surface area contributed by atoms with Gasteiger partial charge in [-0.2, -0.15) is 0 Å². The van der Waals surface area contributed by atoms with Gasteiger partial charge in [-0.15, -0.1) is 0 Å². The van der Waals surface area contributed by atoms with Crippen LogP contribution in [0.1, 0.15) is 45.4 Å². The average Bonchev–Trinajstić information content (AvgIpc) is 2.25. The number of nitrogens with one attached hydrogen (secondary N) is 2. The summed E-state index contributed by atoms with van der Waals surface area (Å²) < 4.78 is 0. The Morgan fingerprint density at radius 1 is 0.938 bits per heavy atom. The van der Waals surface area contributed by atoms with Crippen LogP contribution in [0.3, 0.4) is 0 Å². The van der Waals surface area contributed by atoms with Gasteiger partial charge < -0.3 is 16.4 Å². The van der Waals surface area contributed by atoms with E-state index in [2.05, 4.69) is 10.6 Å². The van der Waals surface area contributed by atoms with Crippen molar-refractivity contribution >= 4 is 5.91 Å². The molecule has 16 heavy (non-hydrogen) atoms. The number of unbranched alkanes of at least 4 members (excludes halogenated alkanes) is 4. The van der Waals surface area contributed by atoms with Crippen LogP contribution >= 0.6 is 0 Å². The quantitative estimate of drug-likeness (QED) is 0.463. The summed E-state index contributed by atoms with van der Waals surface area (Å²) in [5, 5.41) is 6.15. The predicted octanol–water partition coefficient (Wildman–Crippen LogP) is 1.01. The molecule has 4 heteroatoms. The Morgan fingerprint density at radius 3 is 2.25 bits per heavy atom. The van der Waals surface area contributed by atoms with Gasteiger partial charge in [0.25, 0.3) is 0 Å². The summed E-state index contributed by atoms with van der Waals surface area (Å²) in [5.74, 6) is 0.0555. The first kappa shape index (κ1) is 15.4. The maximum Gasteiger partial charge on any atom is 0.216 e. The van der Waals surface area contributed by atoms with Crippen LogP contribution in [0, 0.1) is 0 Å². The predicted molar refractivity (Wildman–Crippen MR) is 68.3 cm³/mol. The van der Waals surface area contributed by atoms with Gasteiger partial charge in [0.1, 0.15) is 0 Å². The Bertz CT molecular complexity index is 162. The van der Waals surface area contributed by atoms with Crippen molar-refractivity contribution in [1.82, 2.24) is 10.6 Å². The van der Waals surface area contributed by atoms with Gasteiger partial charge in [0.15, 0.2) is 0 Å². The van der Waals surface area contributed by atoms with Crippen molar-refractivity contribution in [1.29, 1.82) is 0 Å². The van der Waals surface area contributed by atoms with Gasteiger partial charge in [-0.1, -0.05) is 19.3 Å². The van der Waals surface area contributed by atoms with Gasteiger partial charge in [0.2, 0.25) is 5.91 Å².